The topological polar surface area (TPSA) is 61.8 Å². The summed E-state index contributed by atoms with van der Waals surface area (Å²) >= 11 is 0. The maximum Gasteiger partial charge on any atom is 0.247 e. The number of carbonyl (C=O) groups excluding carboxylic acids is 1. The van der Waals surface area contributed by atoms with Crippen molar-refractivity contribution in [2.24, 2.45) is 0 Å². The fraction of sp³-hybridized carbons (Fsp3) is 0.500. The summed E-state index contributed by atoms with van der Waals surface area (Å²) in [5, 5.41) is 12.4. The van der Waals surface area contributed by atoms with Crippen LogP contribution in [0.3, 0.4) is 0 Å². The Morgan fingerprint density at radius 3 is 2.74 bits per heavy atom. The number of aliphatic hydroxyl groups excluding tert-OH is 1. The van der Waals surface area contributed by atoms with E-state index in [1.807, 2.05) is 25.1 Å². The van der Waals surface area contributed by atoms with E-state index in [2.05, 4.69) is 35.3 Å². The van der Waals surface area contributed by atoms with Crippen LogP contribution in [-0.2, 0) is 9.53 Å². The molecule has 0 aromatic heterocycles. The van der Waals surface area contributed by atoms with Crippen molar-refractivity contribution < 1.29 is 14.6 Å². The number of ether oxygens (including phenoxy) is 1. The van der Waals surface area contributed by atoms with E-state index < -0.39 is 0 Å². The molecule has 0 bridgehead atoms. The third-order valence-electron chi connectivity index (χ3n) is 5.46. The van der Waals surface area contributed by atoms with Gasteiger partial charge < -0.3 is 20.1 Å². The van der Waals surface area contributed by atoms with Crippen molar-refractivity contribution in [3.63, 3.8) is 0 Å². The van der Waals surface area contributed by atoms with Gasteiger partial charge in [-0.15, -0.1) is 0 Å². The van der Waals surface area contributed by atoms with Crippen LogP contribution in [0, 0.1) is 0 Å². The number of aliphatic hydroxyl groups is 1. The lowest BCUT2D eigenvalue weighted by atomic mass is 9.99. The van der Waals surface area contributed by atoms with E-state index in [1.165, 1.54) is 11.3 Å². The number of anilines is 1. The summed E-state index contributed by atoms with van der Waals surface area (Å²) in [7, 11) is 0. The van der Waals surface area contributed by atoms with E-state index in [0.29, 0.717) is 11.5 Å². The van der Waals surface area contributed by atoms with Crippen molar-refractivity contribution in [2.75, 3.05) is 31.3 Å². The second-order valence-corrected chi connectivity index (χ2v) is 7.40. The van der Waals surface area contributed by atoms with Crippen LogP contribution in [-0.4, -0.2) is 43.4 Å². The van der Waals surface area contributed by atoms with Crippen LogP contribution >= 0.6 is 0 Å². The first-order chi connectivity index (χ1) is 13.1. The lowest BCUT2D eigenvalue weighted by Crippen LogP contribution is -2.39. The maximum atomic E-state index is 12.4. The molecule has 0 spiro atoms. The van der Waals surface area contributed by atoms with E-state index in [-0.39, 0.29) is 18.6 Å². The molecule has 2 N–H and O–H groups in total. The van der Waals surface area contributed by atoms with Gasteiger partial charge in [0.2, 0.25) is 5.91 Å². The number of benzene rings is 1. The van der Waals surface area contributed by atoms with Gasteiger partial charge in [0.1, 0.15) is 0 Å². The molecule has 27 heavy (non-hydrogen) atoms. The van der Waals surface area contributed by atoms with Crippen molar-refractivity contribution in [1.82, 2.24) is 5.32 Å². The maximum absolute atomic E-state index is 12.4. The van der Waals surface area contributed by atoms with Crippen LogP contribution in [0.1, 0.15) is 44.6 Å². The molecule has 1 fully saturated rings. The number of nitrogens with zero attached hydrogens (tertiary/aromatic N) is 1. The van der Waals surface area contributed by atoms with Crippen LogP contribution in [0.5, 0.6) is 0 Å². The van der Waals surface area contributed by atoms with E-state index in [4.69, 9.17) is 4.74 Å². The van der Waals surface area contributed by atoms with Gasteiger partial charge in [-0.2, -0.15) is 0 Å². The molecule has 1 amide bonds. The Kier molecular flexibility index (Phi) is 6.69. The zero-order valence-corrected chi connectivity index (χ0v) is 16.3. The van der Waals surface area contributed by atoms with Gasteiger partial charge in [0.15, 0.2) is 0 Å². The third kappa shape index (κ3) is 4.79. The van der Waals surface area contributed by atoms with E-state index in [9.17, 15) is 9.90 Å². The molecule has 2 heterocycles. The number of rotatable bonds is 6. The minimum absolute atomic E-state index is 0.00840. The summed E-state index contributed by atoms with van der Waals surface area (Å²) in [6.07, 6.45) is 6.43. The van der Waals surface area contributed by atoms with Gasteiger partial charge in [-0.05, 0) is 50.8 Å². The van der Waals surface area contributed by atoms with Crippen LogP contribution in [0.4, 0.5) is 5.69 Å². The third-order valence-corrected chi connectivity index (χ3v) is 5.46. The number of fused-ring (bicyclic) bond motifs is 1. The molecule has 1 aromatic carbocycles. The number of amides is 1. The first kappa shape index (κ1) is 19.6. The molecule has 0 aliphatic carbocycles. The summed E-state index contributed by atoms with van der Waals surface area (Å²) in [6, 6.07) is 8.58. The first-order valence-corrected chi connectivity index (χ1v) is 9.81. The number of allylic oxidation sites excluding steroid dienone is 3. The SMILES string of the molecule is C/C(=C/C=C(\C)C(=O)NC1CCOCC1)N1CC(CCO)c2ccccc21. The second kappa shape index (κ2) is 9.20. The highest BCUT2D eigenvalue weighted by Gasteiger charge is 2.28. The lowest BCUT2D eigenvalue weighted by molar-refractivity contribution is -0.118. The summed E-state index contributed by atoms with van der Waals surface area (Å²) in [5.74, 6) is 0.336. The predicted molar refractivity (Wildman–Crippen MR) is 108 cm³/mol. The molecule has 2 aliphatic rings. The Morgan fingerprint density at radius 2 is 2.00 bits per heavy atom. The number of hydrogen-bond acceptors (Lipinski definition) is 4. The van der Waals surface area contributed by atoms with E-state index >= 15 is 0 Å². The summed E-state index contributed by atoms with van der Waals surface area (Å²) < 4.78 is 5.34. The van der Waals surface area contributed by atoms with E-state index in [1.54, 1.807) is 0 Å². The fourth-order valence-electron chi connectivity index (χ4n) is 3.78. The lowest BCUT2D eigenvalue weighted by Gasteiger charge is -2.23. The number of carbonyl (C=O) groups is 1. The molecular weight excluding hydrogens is 340 g/mol. The molecule has 1 unspecified atom stereocenters. The van der Waals surface area contributed by atoms with Gasteiger partial charge in [-0.3, -0.25) is 4.79 Å². The zero-order valence-electron chi connectivity index (χ0n) is 16.3. The average molecular weight is 370 g/mol. The highest BCUT2D eigenvalue weighted by Crippen LogP contribution is 2.39. The monoisotopic (exact) mass is 370 g/mol. The van der Waals surface area contributed by atoms with Gasteiger partial charge in [-0.1, -0.05) is 24.3 Å². The standard InChI is InChI=1S/C22H30N2O3/c1-16(22(26)23-19-10-13-27-14-11-19)7-8-17(2)24-15-18(9-12-25)20-5-3-4-6-21(20)24/h3-8,18-19,25H,9-15H2,1-2H3,(H,23,26)/b16-7+,17-8-. The molecule has 0 radical (unpaired) electrons. The van der Waals surface area contributed by atoms with Crippen molar-refractivity contribution in [1.29, 1.82) is 0 Å². The minimum atomic E-state index is -0.00840. The highest BCUT2D eigenvalue weighted by molar-refractivity contribution is 5.93. The van der Waals surface area contributed by atoms with Crippen LogP contribution < -0.4 is 10.2 Å². The summed E-state index contributed by atoms with van der Waals surface area (Å²) in [6.45, 7) is 6.42. The summed E-state index contributed by atoms with van der Waals surface area (Å²) in [4.78, 5) is 14.7. The molecule has 0 saturated carbocycles. The van der Waals surface area contributed by atoms with Crippen LogP contribution in [0.25, 0.3) is 0 Å². The Morgan fingerprint density at radius 1 is 1.26 bits per heavy atom. The molecule has 1 atom stereocenters. The van der Waals surface area contributed by atoms with Gasteiger partial charge in [0, 0.05) is 55.3 Å². The van der Waals surface area contributed by atoms with Gasteiger partial charge >= 0.3 is 0 Å². The zero-order chi connectivity index (χ0) is 19.2. The van der Waals surface area contributed by atoms with Crippen molar-refractivity contribution >= 4 is 11.6 Å². The largest absolute Gasteiger partial charge is 0.396 e. The Bertz CT molecular complexity index is 720. The Balaban J connectivity index is 1.67. The molecule has 5 nitrogen and oxygen atoms in total. The second-order valence-electron chi connectivity index (χ2n) is 7.40. The molecule has 2 aliphatic heterocycles. The molecular formula is C22H30N2O3. The smallest absolute Gasteiger partial charge is 0.247 e. The fourth-order valence-corrected chi connectivity index (χ4v) is 3.78. The molecule has 1 saturated heterocycles. The minimum Gasteiger partial charge on any atom is -0.396 e. The molecule has 3 rings (SSSR count). The van der Waals surface area contributed by atoms with Crippen LogP contribution in [0.2, 0.25) is 0 Å². The van der Waals surface area contributed by atoms with Gasteiger partial charge in [0.25, 0.3) is 0 Å². The highest BCUT2D eigenvalue weighted by atomic mass is 16.5. The van der Waals surface area contributed by atoms with Crippen LogP contribution in [0.15, 0.2) is 47.7 Å². The summed E-state index contributed by atoms with van der Waals surface area (Å²) in [5.41, 5.74) is 4.29. The molecule has 1 aromatic rings. The van der Waals surface area contributed by atoms with Gasteiger partial charge in [0.05, 0.1) is 0 Å². The molecule has 5 heteroatoms. The van der Waals surface area contributed by atoms with E-state index in [0.717, 1.165) is 44.7 Å². The number of nitrogens with one attached hydrogen (secondary N) is 1. The number of para-hydroxylation sites is 1. The van der Waals surface area contributed by atoms with Crippen molar-refractivity contribution in [2.45, 2.75) is 45.1 Å². The first-order valence-electron chi connectivity index (χ1n) is 9.81. The average Bonchev–Trinajstić information content (AvgIpc) is 3.06. The number of hydrogen-bond donors (Lipinski definition) is 2. The predicted octanol–water partition coefficient (Wildman–Crippen LogP) is 3.12. The molecule has 146 valence electrons. The van der Waals surface area contributed by atoms with Crippen molar-refractivity contribution in [3.8, 4) is 0 Å². The quantitative estimate of drug-likeness (QED) is 0.597. The van der Waals surface area contributed by atoms with Crippen molar-refractivity contribution in [3.05, 3.63) is 53.3 Å². The Labute approximate surface area is 161 Å². The normalized spacial score (nSPS) is 21.3. The van der Waals surface area contributed by atoms with Gasteiger partial charge in [-0.25, -0.2) is 0 Å². The Hall–Kier alpha value is -2.11.